The third-order valence-electron chi connectivity index (χ3n) is 3.25. The molecule has 0 aromatic heterocycles. The van der Waals surface area contributed by atoms with Crippen molar-refractivity contribution in [2.75, 3.05) is 11.9 Å². The first-order valence-electron chi connectivity index (χ1n) is 7.59. The normalized spacial score (nSPS) is 12.0. The summed E-state index contributed by atoms with van der Waals surface area (Å²) in [5.41, 5.74) is 0.122. The lowest BCUT2D eigenvalue weighted by Gasteiger charge is -2.19. The zero-order chi connectivity index (χ0) is 18.4. The van der Waals surface area contributed by atoms with Crippen molar-refractivity contribution in [2.45, 2.75) is 40.2 Å². The first-order valence-corrected chi connectivity index (χ1v) is 8.38. The Kier molecular flexibility index (Phi) is 7.47. The largest absolute Gasteiger partial charge is 0.503 e. The van der Waals surface area contributed by atoms with Crippen molar-refractivity contribution in [1.82, 2.24) is 5.32 Å². The van der Waals surface area contributed by atoms with Crippen LogP contribution in [0.15, 0.2) is 10.5 Å². The van der Waals surface area contributed by atoms with E-state index in [1.165, 1.54) is 13.0 Å². The molecule has 1 aromatic rings. The molecule has 0 aliphatic heterocycles. The highest BCUT2D eigenvalue weighted by atomic mass is 79.9. The molecule has 2 amide bonds. The highest BCUT2D eigenvalue weighted by molar-refractivity contribution is 9.10. The fourth-order valence-electron chi connectivity index (χ4n) is 2.04. The maximum atomic E-state index is 13.8. The van der Waals surface area contributed by atoms with Crippen molar-refractivity contribution in [1.29, 1.82) is 0 Å². The second-order valence-corrected chi connectivity index (χ2v) is 6.58. The van der Waals surface area contributed by atoms with Gasteiger partial charge in [-0.1, -0.05) is 29.8 Å². The van der Waals surface area contributed by atoms with Gasteiger partial charge in [-0.15, -0.1) is 0 Å². The number of hydrogen-bond acceptors (Lipinski definition) is 4. The SMILES string of the molecule is CCOC(=O)C(CC(C)C)NC(=O)Nc1cc(Br)c(C)c(F)c1O. The van der Waals surface area contributed by atoms with E-state index in [1.54, 1.807) is 6.92 Å². The van der Waals surface area contributed by atoms with Gasteiger partial charge in [0, 0.05) is 10.0 Å². The number of rotatable bonds is 6. The molecule has 1 unspecified atom stereocenters. The molecule has 0 fully saturated rings. The molecular formula is C16H22BrFN2O4. The summed E-state index contributed by atoms with van der Waals surface area (Å²) in [6.45, 7) is 7.18. The van der Waals surface area contributed by atoms with Gasteiger partial charge in [0.1, 0.15) is 6.04 Å². The standard InChI is InChI=1S/C16H22BrFN2O4/c1-5-24-15(22)12(6-8(2)3)20-16(23)19-11-7-10(17)9(4)13(18)14(11)21/h7-8,12,21H,5-6H2,1-4H3,(H2,19,20,23). The maximum Gasteiger partial charge on any atom is 0.328 e. The Bertz CT molecular complexity index is 623. The number of hydrogen-bond donors (Lipinski definition) is 3. The molecule has 0 aliphatic rings. The molecule has 0 aliphatic carbocycles. The van der Waals surface area contributed by atoms with Crippen LogP contribution < -0.4 is 10.6 Å². The Hall–Kier alpha value is -1.83. The Labute approximate surface area is 148 Å². The number of benzene rings is 1. The third kappa shape index (κ3) is 5.36. The monoisotopic (exact) mass is 404 g/mol. The molecule has 3 N–H and O–H groups in total. The van der Waals surface area contributed by atoms with E-state index in [0.717, 1.165) is 0 Å². The molecule has 6 nitrogen and oxygen atoms in total. The number of ether oxygens (including phenoxy) is 1. The third-order valence-corrected chi connectivity index (χ3v) is 4.08. The molecule has 1 rings (SSSR count). The van der Waals surface area contributed by atoms with Crippen LogP contribution >= 0.6 is 15.9 Å². The van der Waals surface area contributed by atoms with Crippen LogP contribution in [0.4, 0.5) is 14.9 Å². The maximum absolute atomic E-state index is 13.8. The summed E-state index contributed by atoms with van der Waals surface area (Å²) in [5, 5.41) is 14.6. The summed E-state index contributed by atoms with van der Waals surface area (Å²) < 4.78 is 19.2. The fourth-order valence-corrected chi connectivity index (χ4v) is 2.45. The summed E-state index contributed by atoms with van der Waals surface area (Å²) >= 11 is 3.15. The number of phenolic OH excluding ortho intramolecular Hbond substituents is 1. The van der Waals surface area contributed by atoms with E-state index in [2.05, 4.69) is 26.6 Å². The number of amides is 2. The molecule has 24 heavy (non-hydrogen) atoms. The number of carbonyl (C=O) groups excluding carboxylic acids is 2. The number of carbonyl (C=O) groups is 2. The molecule has 0 spiro atoms. The minimum absolute atomic E-state index is 0.102. The summed E-state index contributed by atoms with van der Waals surface area (Å²) in [6.07, 6.45) is 0.393. The highest BCUT2D eigenvalue weighted by Crippen LogP contribution is 2.34. The summed E-state index contributed by atoms with van der Waals surface area (Å²) in [5.74, 6) is -1.88. The van der Waals surface area contributed by atoms with Crippen LogP contribution in [0.25, 0.3) is 0 Å². The molecular weight excluding hydrogens is 383 g/mol. The van der Waals surface area contributed by atoms with Gasteiger partial charge in [-0.25, -0.2) is 14.0 Å². The number of aromatic hydroxyl groups is 1. The Morgan fingerprint density at radius 3 is 2.58 bits per heavy atom. The van der Waals surface area contributed by atoms with Crippen molar-refractivity contribution in [3.63, 3.8) is 0 Å². The average Bonchev–Trinajstić information content (AvgIpc) is 2.49. The molecule has 0 radical (unpaired) electrons. The Morgan fingerprint density at radius 1 is 1.42 bits per heavy atom. The van der Waals surface area contributed by atoms with Crippen molar-refractivity contribution in [3.8, 4) is 5.75 Å². The zero-order valence-electron chi connectivity index (χ0n) is 14.1. The lowest BCUT2D eigenvalue weighted by molar-refractivity contribution is -0.145. The number of halogens is 2. The van der Waals surface area contributed by atoms with Crippen LogP contribution in [-0.2, 0) is 9.53 Å². The number of esters is 1. The second-order valence-electron chi connectivity index (χ2n) is 5.73. The van der Waals surface area contributed by atoms with E-state index in [-0.39, 0.29) is 23.8 Å². The van der Waals surface area contributed by atoms with E-state index >= 15 is 0 Å². The van der Waals surface area contributed by atoms with Crippen molar-refractivity contribution in [3.05, 3.63) is 21.9 Å². The topological polar surface area (TPSA) is 87.7 Å². The van der Waals surface area contributed by atoms with Gasteiger partial charge in [-0.05, 0) is 32.3 Å². The molecule has 1 aromatic carbocycles. The molecule has 0 saturated heterocycles. The van der Waals surface area contributed by atoms with Crippen LogP contribution in [0.1, 0.15) is 32.8 Å². The number of anilines is 1. The number of phenols is 1. The fraction of sp³-hybridized carbons (Fsp3) is 0.500. The quantitative estimate of drug-likeness (QED) is 0.498. The van der Waals surface area contributed by atoms with Gasteiger partial charge in [0.2, 0.25) is 0 Å². The molecule has 0 heterocycles. The first-order chi connectivity index (χ1) is 11.2. The van der Waals surface area contributed by atoms with Gasteiger partial charge in [-0.2, -0.15) is 0 Å². The van der Waals surface area contributed by atoms with E-state index < -0.39 is 29.6 Å². The van der Waals surface area contributed by atoms with Gasteiger partial charge in [-0.3, -0.25) is 0 Å². The van der Waals surface area contributed by atoms with E-state index in [0.29, 0.717) is 10.9 Å². The first kappa shape index (κ1) is 20.2. The number of urea groups is 1. The Balaban J connectivity index is 2.88. The Morgan fingerprint density at radius 2 is 2.04 bits per heavy atom. The highest BCUT2D eigenvalue weighted by Gasteiger charge is 2.24. The summed E-state index contributed by atoms with van der Waals surface area (Å²) in [4.78, 5) is 24.0. The minimum atomic E-state index is -0.830. The van der Waals surface area contributed by atoms with Crippen molar-refractivity contribution >= 4 is 33.6 Å². The molecule has 8 heteroatoms. The van der Waals surface area contributed by atoms with Crippen LogP contribution in [0.2, 0.25) is 0 Å². The smallest absolute Gasteiger partial charge is 0.328 e. The minimum Gasteiger partial charge on any atom is -0.503 e. The lowest BCUT2D eigenvalue weighted by atomic mass is 10.0. The van der Waals surface area contributed by atoms with E-state index in [4.69, 9.17) is 4.74 Å². The molecule has 1 atom stereocenters. The molecule has 0 bridgehead atoms. The van der Waals surface area contributed by atoms with Crippen LogP contribution in [-0.4, -0.2) is 29.8 Å². The van der Waals surface area contributed by atoms with Crippen molar-refractivity contribution < 1.29 is 23.8 Å². The van der Waals surface area contributed by atoms with Gasteiger partial charge >= 0.3 is 12.0 Å². The van der Waals surface area contributed by atoms with Gasteiger partial charge < -0.3 is 20.5 Å². The number of nitrogens with one attached hydrogen (secondary N) is 2. The molecule has 0 saturated carbocycles. The van der Waals surface area contributed by atoms with Crippen molar-refractivity contribution in [2.24, 2.45) is 5.92 Å². The van der Waals surface area contributed by atoms with Crippen LogP contribution in [0.5, 0.6) is 5.75 Å². The van der Waals surface area contributed by atoms with E-state index in [9.17, 15) is 19.1 Å². The lowest BCUT2D eigenvalue weighted by Crippen LogP contribution is -2.44. The molecule has 134 valence electrons. The van der Waals surface area contributed by atoms with Gasteiger partial charge in [0.25, 0.3) is 0 Å². The van der Waals surface area contributed by atoms with Crippen LogP contribution in [0.3, 0.4) is 0 Å². The predicted octanol–water partition coefficient (Wildman–Crippen LogP) is 3.70. The van der Waals surface area contributed by atoms with Gasteiger partial charge in [0.05, 0.1) is 12.3 Å². The van der Waals surface area contributed by atoms with E-state index in [1.807, 2.05) is 13.8 Å². The summed E-state index contributed by atoms with van der Waals surface area (Å²) in [6, 6.07) is -0.181. The van der Waals surface area contributed by atoms with Crippen LogP contribution in [0, 0.1) is 18.7 Å². The summed E-state index contributed by atoms with van der Waals surface area (Å²) in [7, 11) is 0. The second kappa shape index (κ2) is 8.86. The average molecular weight is 405 g/mol. The predicted molar refractivity (Wildman–Crippen MR) is 92.5 cm³/mol. The zero-order valence-corrected chi connectivity index (χ0v) is 15.7. The van der Waals surface area contributed by atoms with Gasteiger partial charge in [0.15, 0.2) is 11.6 Å².